The molecular formula is C12H13N3O. The molecule has 4 heteroatoms. The van der Waals surface area contributed by atoms with Gasteiger partial charge >= 0.3 is 0 Å². The maximum absolute atomic E-state index is 11.0. The average Bonchev–Trinajstić information content (AvgIpc) is 2.69. The van der Waals surface area contributed by atoms with Gasteiger partial charge in [-0.15, -0.1) is 0 Å². The monoisotopic (exact) mass is 215 g/mol. The lowest BCUT2D eigenvalue weighted by molar-refractivity contribution is 0.0996. The number of aromatic amines is 1. The number of primary amides is 1. The third-order valence-electron chi connectivity index (χ3n) is 2.44. The van der Waals surface area contributed by atoms with Crippen molar-refractivity contribution >= 4 is 16.8 Å². The first-order valence-electron chi connectivity index (χ1n) is 4.99. The van der Waals surface area contributed by atoms with Crippen LogP contribution in [0.2, 0.25) is 0 Å². The zero-order valence-corrected chi connectivity index (χ0v) is 8.73. The molecule has 0 radical (unpaired) electrons. The van der Waals surface area contributed by atoms with Crippen LogP contribution in [0.5, 0.6) is 0 Å². The maximum atomic E-state index is 11.0. The predicted octanol–water partition coefficient (Wildman–Crippen LogP) is 1.28. The summed E-state index contributed by atoms with van der Waals surface area (Å²) in [6.45, 7) is 0. The molecule has 5 N–H and O–H groups in total. The number of rotatable bonds is 3. The number of carbonyl (C=O) groups is 1. The number of fused-ring (bicyclic) bond motifs is 1. The molecule has 1 heterocycles. The Balaban J connectivity index is 2.41. The first-order valence-corrected chi connectivity index (χ1v) is 4.99. The van der Waals surface area contributed by atoms with Crippen LogP contribution in [0, 0.1) is 0 Å². The fourth-order valence-electron chi connectivity index (χ4n) is 1.65. The van der Waals surface area contributed by atoms with Gasteiger partial charge in [-0.05, 0) is 36.4 Å². The van der Waals surface area contributed by atoms with Crippen LogP contribution in [0.1, 0.15) is 16.1 Å². The van der Waals surface area contributed by atoms with Gasteiger partial charge < -0.3 is 16.5 Å². The molecule has 16 heavy (non-hydrogen) atoms. The highest BCUT2D eigenvalue weighted by atomic mass is 16.1. The van der Waals surface area contributed by atoms with E-state index in [9.17, 15) is 4.79 Å². The number of aromatic nitrogens is 1. The summed E-state index contributed by atoms with van der Waals surface area (Å²) in [4.78, 5) is 14.0. The van der Waals surface area contributed by atoms with Gasteiger partial charge in [-0.1, -0.05) is 12.1 Å². The highest BCUT2D eigenvalue weighted by molar-refractivity contribution is 5.97. The number of nitrogens with two attached hydrogens (primary N) is 2. The molecule has 0 atom stereocenters. The van der Waals surface area contributed by atoms with E-state index in [0.717, 1.165) is 22.9 Å². The molecule has 1 amide bonds. The van der Waals surface area contributed by atoms with Crippen molar-refractivity contribution in [2.24, 2.45) is 11.5 Å². The molecule has 0 aliphatic carbocycles. The average molecular weight is 215 g/mol. The zero-order chi connectivity index (χ0) is 11.5. The zero-order valence-electron chi connectivity index (χ0n) is 8.73. The molecule has 0 aliphatic rings. The SMILES string of the molecule is NC=CCc1ccc2[nH]c(C(N)=O)cc2c1. The van der Waals surface area contributed by atoms with Crippen LogP contribution in [-0.4, -0.2) is 10.9 Å². The molecule has 0 fully saturated rings. The molecule has 2 rings (SSSR count). The maximum Gasteiger partial charge on any atom is 0.265 e. The van der Waals surface area contributed by atoms with E-state index in [2.05, 4.69) is 4.98 Å². The highest BCUT2D eigenvalue weighted by Crippen LogP contribution is 2.17. The largest absolute Gasteiger partial charge is 0.405 e. The fraction of sp³-hybridized carbons (Fsp3) is 0.0833. The number of amides is 1. The molecule has 1 aromatic carbocycles. The van der Waals surface area contributed by atoms with Gasteiger partial charge in [0.1, 0.15) is 5.69 Å². The second kappa shape index (κ2) is 4.10. The van der Waals surface area contributed by atoms with Crippen molar-refractivity contribution in [3.8, 4) is 0 Å². The number of nitrogens with one attached hydrogen (secondary N) is 1. The molecule has 0 bridgehead atoms. The van der Waals surface area contributed by atoms with E-state index in [-0.39, 0.29) is 0 Å². The van der Waals surface area contributed by atoms with E-state index in [4.69, 9.17) is 11.5 Å². The quantitative estimate of drug-likeness (QED) is 0.720. The summed E-state index contributed by atoms with van der Waals surface area (Å²) < 4.78 is 0. The summed E-state index contributed by atoms with van der Waals surface area (Å²) >= 11 is 0. The first kappa shape index (κ1) is 10.3. The van der Waals surface area contributed by atoms with Gasteiger partial charge in [0.05, 0.1) is 0 Å². The molecule has 2 aromatic rings. The van der Waals surface area contributed by atoms with Gasteiger partial charge in [-0.3, -0.25) is 4.79 Å². The molecule has 0 aliphatic heterocycles. The molecule has 0 unspecified atom stereocenters. The van der Waals surface area contributed by atoms with Crippen LogP contribution in [0.4, 0.5) is 0 Å². The summed E-state index contributed by atoms with van der Waals surface area (Å²) in [6.07, 6.45) is 4.18. The standard InChI is InChI=1S/C12H13N3O/c13-5-1-2-8-3-4-10-9(6-8)7-11(15-10)12(14)16/h1,3-7,15H,2,13H2,(H2,14,16). The van der Waals surface area contributed by atoms with Gasteiger partial charge in [0.15, 0.2) is 0 Å². The second-order valence-corrected chi connectivity index (χ2v) is 3.60. The molecule has 0 saturated carbocycles. The number of hydrogen-bond acceptors (Lipinski definition) is 2. The molecule has 0 spiro atoms. The fourth-order valence-corrected chi connectivity index (χ4v) is 1.65. The Kier molecular flexibility index (Phi) is 2.64. The second-order valence-electron chi connectivity index (χ2n) is 3.60. The van der Waals surface area contributed by atoms with Crippen molar-refractivity contribution in [3.05, 3.63) is 47.8 Å². The van der Waals surface area contributed by atoms with Gasteiger partial charge in [0, 0.05) is 10.9 Å². The van der Waals surface area contributed by atoms with E-state index in [0.29, 0.717) is 5.69 Å². The smallest absolute Gasteiger partial charge is 0.265 e. The van der Waals surface area contributed by atoms with Gasteiger partial charge in [-0.25, -0.2) is 0 Å². The molecule has 4 nitrogen and oxygen atoms in total. The van der Waals surface area contributed by atoms with Crippen LogP contribution >= 0.6 is 0 Å². The van der Waals surface area contributed by atoms with Crippen molar-refractivity contribution in [2.45, 2.75) is 6.42 Å². The Morgan fingerprint density at radius 1 is 1.38 bits per heavy atom. The topological polar surface area (TPSA) is 84.9 Å². The molecule has 1 aromatic heterocycles. The van der Waals surface area contributed by atoms with Gasteiger partial charge in [0.2, 0.25) is 0 Å². The third kappa shape index (κ3) is 1.91. The number of benzene rings is 1. The van der Waals surface area contributed by atoms with Crippen LogP contribution < -0.4 is 11.5 Å². The Morgan fingerprint density at radius 3 is 2.88 bits per heavy atom. The highest BCUT2D eigenvalue weighted by Gasteiger charge is 2.05. The Labute approximate surface area is 92.9 Å². The van der Waals surface area contributed by atoms with Crippen molar-refractivity contribution < 1.29 is 4.79 Å². The summed E-state index contributed by atoms with van der Waals surface area (Å²) in [5.74, 6) is -0.445. The number of hydrogen-bond donors (Lipinski definition) is 3. The van der Waals surface area contributed by atoms with Crippen molar-refractivity contribution in [1.82, 2.24) is 4.98 Å². The Morgan fingerprint density at radius 2 is 2.19 bits per heavy atom. The minimum Gasteiger partial charge on any atom is -0.405 e. The van der Waals surface area contributed by atoms with Crippen molar-refractivity contribution in [2.75, 3.05) is 0 Å². The molecule has 0 saturated heterocycles. The normalized spacial score (nSPS) is 11.2. The van der Waals surface area contributed by atoms with E-state index < -0.39 is 5.91 Å². The van der Waals surface area contributed by atoms with E-state index in [1.165, 1.54) is 6.20 Å². The van der Waals surface area contributed by atoms with Gasteiger partial charge in [-0.2, -0.15) is 0 Å². The lowest BCUT2D eigenvalue weighted by Crippen LogP contribution is -2.10. The van der Waals surface area contributed by atoms with Crippen molar-refractivity contribution in [3.63, 3.8) is 0 Å². The van der Waals surface area contributed by atoms with E-state index in [1.54, 1.807) is 6.07 Å². The number of allylic oxidation sites excluding steroid dienone is 1. The van der Waals surface area contributed by atoms with E-state index in [1.807, 2.05) is 24.3 Å². The number of H-pyrrole nitrogens is 1. The van der Waals surface area contributed by atoms with Gasteiger partial charge in [0.25, 0.3) is 5.91 Å². The Hall–Kier alpha value is -2.23. The number of carbonyl (C=O) groups excluding carboxylic acids is 1. The van der Waals surface area contributed by atoms with Crippen LogP contribution in [0.15, 0.2) is 36.5 Å². The minimum absolute atomic E-state index is 0.432. The Bertz CT molecular complexity index is 554. The van der Waals surface area contributed by atoms with Crippen LogP contribution in [-0.2, 0) is 6.42 Å². The van der Waals surface area contributed by atoms with Crippen LogP contribution in [0.3, 0.4) is 0 Å². The lowest BCUT2D eigenvalue weighted by Gasteiger charge is -1.96. The van der Waals surface area contributed by atoms with E-state index >= 15 is 0 Å². The first-order chi connectivity index (χ1) is 7.70. The summed E-state index contributed by atoms with van der Waals surface area (Å²) in [5.41, 5.74) is 13.0. The summed E-state index contributed by atoms with van der Waals surface area (Å²) in [5, 5.41) is 0.983. The lowest BCUT2D eigenvalue weighted by atomic mass is 10.1. The predicted molar refractivity (Wildman–Crippen MR) is 63.8 cm³/mol. The third-order valence-corrected chi connectivity index (χ3v) is 2.44. The van der Waals surface area contributed by atoms with Crippen LogP contribution in [0.25, 0.3) is 10.9 Å². The summed E-state index contributed by atoms with van der Waals surface area (Å²) in [7, 11) is 0. The molecule has 82 valence electrons. The van der Waals surface area contributed by atoms with Crippen molar-refractivity contribution in [1.29, 1.82) is 0 Å². The minimum atomic E-state index is -0.445. The summed E-state index contributed by atoms with van der Waals surface area (Å²) in [6, 6.07) is 7.69. The molecular weight excluding hydrogens is 202 g/mol.